The lowest BCUT2D eigenvalue weighted by atomic mass is 9.90. The van der Waals surface area contributed by atoms with Gasteiger partial charge >= 0.3 is 12.4 Å². The van der Waals surface area contributed by atoms with E-state index in [1.807, 2.05) is 0 Å². The monoisotopic (exact) mass is 565 g/mol. The molecule has 13 heteroatoms. The molecule has 7 nitrogen and oxygen atoms in total. The van der Waals surface area contributed by atoms with Gasteiger partial charge in [-0.25, -0.2) is 0 Å². The third kappa shape index (κ3) is 6.29. The van der Waals surface area contributed by atoms with Gasteiger partial charge in [-0.2, -0.15) is 26.3 Å². The van der Waals surface area contributed by atoms with Crippen molar-refractivity contribution in [2.24, 2.45) is 5.41 Å². The number of likely N-dealkylation sites (tertiary alicyclic amines) is 1. The average Bonchev–Trinajstić information content (AvgIpc) is 3.65. The van der Waals surface area contributed by atoms with Crippen LogP contribution in [0.1, 0.15) is 56.6 Å². The molecular formula is C26H33F6N3O4. The number of hydrogen-bond donors (Lipinski definition) is 2. The highest BCUT2D eigenvalue weighted by Gasteiger charge is 2.51. The summed E-state index contributed by atoms with van der Waals surface area (Å²) in [4.78, 5) is 30.2. The molecule has 1 saturated carbocycles. The molecule has 1 spiro atoms. The lowest BCUT2D eigenvalue weighted by Crippen LogP contribution is -2.49. The number of carbonyl (C=O) groups excluding carboxylic acids is 2. The summed E-state index contributed by atoms with van der Waals surface area (Å²) >= 11 is 0. The van der Waals surface area contributed by atoms with Crippen molar-refractivity contribution in [3.63, 3.8) is 0 Å². The van der Waals surface area contributed by atoms with Crippen molar-refractivity contribution in [3.05, 3.63) is 29.3 Å². The zero-order valence-corrected chi connectivity index (χ0v) is 21.6. The molecule has 3 atom stereocenters. The Bertz CT molecular complexity index is 1070. The quantitative estimate of drug-likeness (QED) is 0.515. The summed E-state index contributed by atoms with van der Waals surface area (Å²) in [6, 6.07) is 0.536. The van der Waals surface area contributed by atoms with Crippen molar-refractivity contribution >= 4 is 17.5 Å². The molecule has 3 aliphatic rings. The molecule has 1 aromatic rings. The molecule has 1 aliphatic carbocycles. The van der Waals surface area contributed by atoms with Gasteiger partial charge in [-0.15, -0.1) is 0 Å². The van der Waals surface area contributed by atoms with Gasteiger partial charge < -0.3 is 24.9 Å². The van der Waals surface area contributed by atoms with Crippen LogP contribution in [0.4, 0.5) is 32.0 Å². The molecule has 2 amide bonds. The van der Waals surface area contributed by atoms with Crippen LogP contribution in [0.5, 0.6) is 0 Å². The fourth-order valence-electron chi connectivity index (χ4n) is 5.78. The number of aliphatic hydroxyl groups excluding tert-OH is 2. The third-order valence-electron chi connectivity index (χ3n) is 8.39. The first-order valence-corrected chi connectivity index (χ1v) is 13.1. The normalized spacial score (nSPS) is 24.6. The van der Waals surface area contributed by atoms with E-state index >= 15 is 0 Å². The molecule has 2 saturated heterocycles. The summed E-state index contributed by atoms with van der Waals surface area (Å²) in [5.41, 5.74) is -3.73. The molecule has 0 bridgehead atoms. The fraction of sp³-hybridized carbons (Fsp3) is 0.692. The lowest BCUT2D eigenvalue weighted by molar-refractivity contribution is -0.162. The molecule has 0 unspecified atom stereocenters. The van der Waals surface area contributed by atoms with E-state index in [0.29, 0.717) is 18.7 Å². The number of halogens is 6. The minimum Gasteiger partial charge on any atom is -0.394 e. The molecule has 39 heavy (non-hydrogen) atoms. The van der Waals surface area contributed by atoms with E-state index in [1.54, 1.807) is 11.8 Å². The first-order chi connectivity index (χ1) is 18.2. The van der Waals surface area contributed by atoms with Gasteiger partial charge in [0.25, 0.3) is 0 Å². The van der Waals surface area contributed by atoms with Crippen LogP contribution >= 0.6 is 0 Å². The number of anilines is 1. The second-order valence-electron chi connectivity index (χ2n) is 10.9. The third-order valence-corrected chi connectivity index (χ3v) is 8.39. The Labute approximate surface area is 222 Å². The Hall–Kier alpha value is -2.54. The van der Waals surface area contributed by atoms with Gasteiger partial charge in [0.2, 0.25) is 11.8 Å². The smallest absolute Gasteiger partial charge is 0.394 e. The van der Waals surface area contributed by atoms with Crippen molar-refractivity contribution in [2.75, 3.05) is 37.7 Å². The zero-order chi connectivity index (χ0) is 28.8. The van der Waals surface area contributed by atoms with Crippen LogP contribution < -0.4 is 4.90 Å². The van der Waals surface area contributed by atoms with Crippen molar-refractivity contribution in [2.45, 2.75) is 76.0 Å². The summed E-state index contributed by atoms with van der Waals surface area (Å²) < 4.78 is 80.0. The van der Waals surface area contributed by atoms with E-state index in [0.717, 1.165) is 25.3 Å². The van der Waals surface area contributed by atoms with Crippen molar-refractivity contribution < 1.29 is 46.1 Å². The second kappa shape index (κ2) is 10.8. The summed E-state index contributed by atoms with van der Waals surface area (Å²) in [5, 5.41) is 20.4. The van der Waals surface area contributed by atoms with Crippen LogP contribution in [0.15, 0.2) is 18.2 Å². The van der Waals surface area contributed by atoms with E-state index < -0.39 is 48.3 Å². The molecule has 218 valence electrons. The second-order valence-corrected chi connectivity index (χ2v) is 10.9. The number of piperidine rings is 1. The van der Waals surface area contributed by atoms with E-state index in [-0.39, 0.29) is 61.8 Å². The highest BCUT2D eigenvalue weighted by Crippen LogP contribution is 2.53. The van der Waals surface area contributed by atoms with Crippen LogP contribution in [-0.2, 0) is 21.9 Å². The van der Waals surface area contributed by atoms with Crippen molar-refractivity contribution in [1.29, 1.82) is 0 Å². The molecule has 1 aromatic carbocycles. The minimum atomic E-state index is -5.23. The number of alkyl halides is 6. The number of nitrogens with zero attached hydrogens (tertiary/aromatic N) is 3. The number of carbonyl (C=O) groups is 2. The van der Waals surface area contributed by atoms with Gasteiger partial charge in [0.15, 0.2) is 0 Å². The molecule has 4 rings (SSSR count). The Morgan fingerprint density at radius 1 is 1.05 bits per heavy atom. The maximum atomic E-state index is 13.5. The standard InChI is InChI=1S/C26H33F6N3O4/c1-16-13-35(18(15-36)3-5-22(38)33-11-9-24(7-8-24)21(37)14-33)23(39)6-10-34(16)17-2-4-19(25(27,28)29)20(12-17)26(30,31)32/h2,4,12,16,18,21,36-37H,3,5-11,13-15H2,1H3/t16-,18-,21+/m0/s1. The first kappa shape index (κ1) is 29.4. The molecule has 2 aliphatic heterocycles. The van der Waals surface area contributed by atoms with E-state index in [2.05, 4.69) is 0 Å². The predicted molar refractivity (Wildman–Crippen MR) is 129 cm³/mol. The molecule has 2 N–H and O–H groups in total. The fourth-order valence-corrected chi connectivity index (χ4v) is 5.78. The Morgan fingerprint density at radius 2 is 1.72 bits per heavy atom. The number of aliphatic hydroxyl groups is 2. The molecular weight excluding hydrogens is 532 g/mol. The number of hydrogen-bond acceptors (Lipinski definition) is 5. The van der Waals surface area contributed by atoms with Gasteiger partial charge in [-0.1, -0.05) is 0 Å². The Morgan fingerprint density at radius 3 is 2.28 bits per heavy atom. The molecule has 2 heterocycles. The summed E-state index contributed by atoms with van der Waals surface area (Å²) in [5.74, 6) is -0.563. The summed E-state index contributed by atoms with van der Waals surface area (Å²) in [6.45, 7) is 1.98. The summed E-state index contributed by atoms with van der Waals surface area (Å²) in [7, 11) is 0. The number of rotatable bonds is 6. The lowest BCUT2D eigenvalue weighted by Gasteiger charge is -2.37. The first-order valence-electron chi connectivity index (χ1n) is 13.1. The maximum absolute atomic E-state index is 13.5. The summed E-state index contributed by atoms with van der Waals surface area (Å²) in [6.07, 6.45) is -8.25. The topological polar surface area (TPSA) is 84.3 Å². The highest BCUT2D eigenvalue weighted by atomic mass is 19.4. The van der Waals surface area contributed by atoms with E-state index in [4.69, 9.17) is 0 Å². The average molecular weight is 566 g/mol. The van der Waals surface area contributed by atoms with Crippen LogP contribution in [-0.4, -0.2) is 82.8 Å². The maximum Gasteiger partial charge on any atom is 0.417 e. The van der Waals surface area contributed by atoms with Gasteiger partial charge in [-0.3, -0.25) is 9.59 Å². The molecule has 0 radical (unpaired) electrons. The van der Waals surface area contributed by atoms with Gasteiger partial charge in [0.05, 0.1) is 29.9 Å². The van der Waals surface area contributed by atoms with E-state index in [9.17, 15) is 46.1 Å². The van der Waals surface area contributed by atoms with Gasteiger partial charge in [0, 0.05) is 50.7 Å². The predicted octanol–water partition coefficient (Wildman–Crippen LogP) is 3.67. The van der Waals surface area contributed by atoms with Crippen LogP contribution in [0.2, 0.25) is 0 Å². The van der Waals surface area contributed by atoms with Crippen molar-refractivity contribution in [3.8, 4) is 0 Å². The Kier molecular flexibility index (Phi) is 8.15. The minimum absolute atomic E-state index is 0.00553. The van der Waals surface area contributed by atoms with Crippen LogP contribution in [0, 0.1) is 5.41 Å². The number of benzene rings is 1. The van der Waals surface area contributed by atoms with Gasteiger partial charge in [0.1, 0.15) is 0 Å². The molecule has 0 aromatic heterocycles. The highest BCUT2D eigenvalue weighted by molar-refractivity contribution is 5.79. The van der Waals surface area contributed by atoms with E-state index in [1.165, 1.54) is 9.80 Å². The Balaban J connectivity index is 1.44. The zero-order valence-electron chi connectivity index (χ0n) is 21.6. The molecule has 3 fully saturated rings. The van der Waals surface area contributed by atoms with Crippen LogP contribution in [0.3, 0.4) is 0 Å². The van der Waals surface area contributed by atoms with Crippen LogP contribution in [0.25, 0.3) is 0 Å². The largest absolute Gasteiger partial charge is 0.417 e. The van der Waals surface area contributed by atoms with Crippen molar-refractivity contribution in [1.82, 2.24) is 9.80 Å². The SMILES string of the molecule is C[C@H]1CN([C@H](CO)CCC(=O)N2CCC3(CC3)[C@H](O)C2)C(=O)CCN1c1ccc(C(F)(F)F)c(C(F)(F)F)c1. The number of amides is 2. The van der Waals surface area contributed by atoms with Gasteiger partial charge in [-0.05, 0) is 56.2 Å². The number of β-amino-alcohol motifs (C(OH)–C–C–N with tert-alkyl or cyclic N) is 1.